The Hall–Kier alpha value is -2.51. The van der Waals surface area contributed by atoms with Crippen molar-refractivity contribution in [2.24, 2.45) is 0 Å². The standard InChI is InChI=1S/C17H10BrN3O2S/c18-11-7-5-10(6-8-11)14-9-24-17(20-14)21-15(22)12-3-1-2-4-13(12)19-16(21)23/h1-9H,(H,19,23). The van der Waals surface area contributed by atoms with E-state index in [-0.39, 0.29) is 5.56 Å². The first-order valence-corrected chi connectivity index (χ1v) is 8.77. The van der Waals surface area contributed by atoms with E-state index in [4.69, 9.17) is 0 Å². The van der Waals surface area contributed by atoms with Gasteiger partial charge in [0.15, 0.2) is 0 Å². The lowest BCUT2D eigenvalue weighted by Crippen LogP contribution is -2.33. The minimum Gasteiger partial charge on any atom is -0.306 e. The van der Waals surface area contributed by atoms with Crippen LogP contribution >= 0.6 is 27.3 Å². The van der Waals surface area contributed by atoms with Crippen LogP contribution in [0.25, 0.3) is 27.3 Å². The Morgan fingerprint density at radius 2 is 1.79 bits per heavy atom. The molecule has 118 valence electrons. The number of fused-ring (bicyclic) bond motifs is 1. The molecular formula is C17H10BrN3O2S. The van der Waals surface area contributed by atoms with Gasteiger partial charge in [-0.25, -0.2) is 14.3 Å². The highest BCUT2D eigenvalue weighted by molar-refractivity contribution is 9.10. The van der Waals surface area contributed by atoms with Crippen molar-refractivity contribution >= 4 is 38.2 Å². The summed E-state index contributed by atoms with van der Waals surface area (Å²) in [4.78, 5) is 32.1. The van der Waals surface area contributed by atoms with E-state index in [1.807, 2.05) is 29.6 Å². The molecule has 0 spiro atoms. The summed E-state index contributed by atoms with van der Waals surface area (Å²) in [5.74, 6) is 0. The van der Waals surface area contributed by atoms with Crippen LogP contribution in [0.5, 0.6) is 0 Å². The second-order valence-electron chi connectivity index (χ2n) is 5.14. The number of nitrogens with one attached hydrogen (secondary N) is 1. The predicted molar refractivity (Wildman–Crippen MR) is 99.0 cm³/mol. The molecule has 24 heavy (non-hydrogen) atoms. The van der Waals surface area contributed by atoms with Crippen LogP contribution in [0, 0.1) is 0 Å². The van der Waals surface area contributed by atoms with Crippen molar-refractivity contribution in [2.75, 3.05) is 0 Å². The first kappa shape index (κ1) is 15.0. The van der Waals surface area contributed by atoms with Gasteiger partial charge in [-0.05, 0) is 24.3 Å². The third-order valence-corrected chi connectivity index (χ3v) is 4.98. The van der Waals surface area contributed by atoms with Crippen LogP contribution in [0.15, 0.2) is 68.0 Å². The van der Waals surface area contributed by atoms with Crippen LogP contribution in [0.4, 0.5) is 0 Å². The summed E-state index contributed by atoms with van der Waals surface area (Å²) < 4.78 is 2.05. The van der Waals surface area contributed by atoms with Gasteiger partial charge in [0.05, 0.1) is 16.6 Å². The second kappa shape index (κ2) is 5.85. The molecule has 0 atom stereocenters. The maximum Gasteiger partial charge on any atom is 0.335 e. The summed E-state index contributed by atoms with van der Waals surface area (Å²) in [5, 5.41) is 2.64. The number of aromatic nitrogens is 3. The summed E-state index contributed by atoms with van der Waals surface area (Å²) in [5.41, 5.74) is 1.31. The fourth-order valence-corrected chi connectivity index (χ4v) is 3.55. The molecular weight excluding hydrogens is 390 g/mol. The normalized spacial score (nSPS) is 11.0. The van der Waals surface area contributed by atoms with E-state index in [1.165, 1.54) is 11.3 Å². The molecule has 0 saturated heterocycles. The number of thiazole rings is 1. The quantitative estimate of drug-likeness (QED) is 0.560. The Bertz CT molecular complexity index is 1160. The summed E-state index contributed by atoms with van der Waals surface area (Å²) in [6.07, 6.45) is 0. The number of rotatable bonds is 2. The lowest BCUT2D eigenvalue weighted by Gasteiger charge is -2.02. The van der Waals surface area contributed by atoms with Crippen LogP contribution < -0.4 is 11.2 Å². The number of hydrogen-bond donors (Lipinski definition) is 1. The van der Waals surface area contributed by atoms with Gasteiger partial charge in [-0.3, -0.25) is 4.79 Å². The Morgan fingerprint density at radius 1 is 1.04 bits per heavy atom. The number of aromatic amines is 1. The summed E-state index contributed by atoms with van der Waals surface area (Å²) in [7, 11) is 0. The van der Waals surface area contributed by atoms with Crippen LogP contribution in [0.1, 0.15) is 0 Å². The highest BCUT2D eigenvalue weighted by atomic mass is 79.9. The van der Waals surface area contributed by atoms with E-state index in [9.17, 15) is 9.59 Å². The molecule has 0 aliphatic heterocycles. The fourth-order valence-electron chi connectivity index (χ4n) is 2.46. The highest BCUT2D eigenvalue weighted by Gasteiger charge is 2.13. The first-order chi connectivity index (χ1) is 11.6. The summed E-state index contributed by atoms with van der Waals surface area (Å²) >= 11 is 4.65. The molecule has 0 aliphatic carbocycles. The van der Waals surface area contributed by atoms with Crippen molar-refractivity contribution in [1.82, 2.24) is 14.5 Å². The van der Waals surface area contributed by atoms with Gasteiger partial charge >= 0.3 is 5.69 Å². The zero-order chi connectivity index (χ0) is 16.7. The van der Waals surface area contributed by atoms with Crippen LogP contribution in [0.3, 0.4) is 0 Å². The minimum atomic E-state index is -0.490. The first-order valence-electron chi connectivity index (χ1n) is 7.09. The number of para-hydroxylation sites is 1. The molecule has 0 fully saturated rings. The number of H-pyrrole nitrogens is 1. The molecule has 2 heterocycles. The van der Waals surface area contributed by atoms with E-state index in [0.717, 1.165) is 20.3 Å². The second-order valence-corrected chi connectivity index (χ2v) is 6.89. The molecule has 0 radical (unpaired) electrons. The molecule has 5 nitrogen and oxygen atoms in total. The van der Waals surface area contributed by atoms with E-state index in [1.54, 1.807) is 24.3 Å². The van der Waals surface area contributed by atoms with E-state index in [2.05, 4.69) is 25.9 Å². The van der Waals surface area contributed by atoms with Crippen molar-refractivity contribution < 1.29 is 0 Å². The van der Waals surface area contributed by atoms with Gasteiger partial charge in [0, 0.05) is 15.4 Å². The predicted octanol–water partition coefficient (Wildman–Crippen LogP) is 3.57. The summed E-state index contributed by atoms with van der Waals surface area (Å²) in [6, 6.07) is 14.6. The van der Waals surface area contributed by atoms with E-state index >= 15 is 0 Å². The van der Waals surface area contributed by atoms with E-state index < -0.39 is 5.69 Å². The average Bonchev–Trinajstić information content (AvgIpc) is 3.05. The van der Waals surface area contributed by atoms with Crippen molar-refractivity contribution in [3.8, 4) is 16.4 Å². The SMILES string of the molecule is O=c1[nH]c2ccccc2c(=O)n1-c1nc(-c2ccc(Br)cc2)cs1. The molecule has 4 rings (SSSR count). The molecule has 0 aliphatic rings. The zero-order valence-electron chi connectivity index (χ0n) is 12.2. The van der Waals surface area contributed by atoms with Crippen molar-refractivity contribution in [3.05, 3.63) is 79.2 Å². The average molecular weight is 400 g/mol. The van der Waals surface area contributed by atoms with Crippen LogP contribution in [-0.4, -0.2) is 14.5 Å². The maximum atomic E-state index is 12.6. The molecule has 2 aromatic carbocycles. The Morgan fingerprint density at radius 3 is 2.58 bits per heavy atom. The Kier molecular flexibility index (Phi) is 3.66. The van der Waals surface area contributed by atoms with Gasteiger partial charge in [0.25, 0.3) is 5.56 Å². The molecule has 0 bridgehead atoms. The molecule has 0 saturated carbocycles. The van der Waals surface area contributed by atoms with E-state index in [0.29, 0.717) is 16.0 Å². The Balaban J connectivity index is 1.89. The third-order valence-electron chi connectivity index (χ3n) is 3.63. The smallest absolute Gasteiger partial charge is 0.306 e. The molecule has 0 amide bonds. The zero-order valence-corrected chi connectivity index (χ0v) is 14.6. The lowest BCUT2D eigenvalue weighted by atomic mass is 10.2. The van der Waals surface area contributed by atoms with Crippen LogP contribution in [0.2, 0.25) is 0 Å². The fraction of sp³-hybridized carbons (Fsp3) is 0. The largest absolute Gasteiger partial charge is 0.335 e. The molecule has 1 N–H and O–H groups in total. The number of nitrogens with zero attached hydrogens (tertiary/aromatic N) is 2. The van der Waals surface area contributed by atoms with Crippen molar-refractivity contribution in [3.63, 3.8) is 0 Å². The van der Waals surface area contributed by atoms with Crippen molar-refractivity contribution in [2.45, 2.75) is 0 Å². The van der Waals surface area contributed by atoms with Crippen molar-refractivity contribution in [1.29, 1.82) is 0 Å². The summed E-state index contributed by atoms with van der Waals surface area (Å²) in [6.45, 7) is 0. The monoisotopic (exact) mass is 399 g/mol. The molecule has 0 unspecified atom stereocenters. The van der Waals surface area contributed by atoms with Gasteiger partial charge in [-0.2, -0.15) is 0 Å². The third kappa shape index (κ3) is 2.51. The molecule has 7 heteroatoms. The van der Waals surface area contributed by atoms with Gasteiger partial charge < -0.3 is 4.98 Å². The topological polar surface area (TPSA) is 67.8 Å². The highest BCUT2D eigenvalue weighted by Crippen LogP contribution is 2.24. The molecule has 4 aromatic rings. The van der Waals surface area contributed by atoms with Gasteiger partial charge in [0.1, 0.15) is 0 Å². The molecule has 2 aromatic heterocycles. The number of hydrogen-bond acceptors (Lipinski definition) is 4. The maximum absolute atomic E-state index is 12.6. The Labute approximate surface area is 148 Å². The van der Waals surface area contributed by atoms with Gasteiger partial charge in [-0.1, -0.05) is 40.2 Å². The van der Waals surface area contributed by atoms with Gasteiger partial charge in [-0.15, -0.1) is 11.3 Å². The lowest BCUT2D eigenvalue weighted by molar-refractivity contribution is 0.891. The van der Waals surface area contributed by atoms with Gasteiger partial charge in [0.2, 0.25) is 5.13 Å². The number of benzene rings is 2. The minimum absolute atomic E-state index is 0.352. The van der Waals surface area contributed by atoms with Crippen LogP contribution in [-0.2, 0) is 0 Å². The number of halogens is 1.